The van der Waals surface area contributed by atoms with Crippen LogP contribution in [0.5, 0.6) is 11.5 Å². The van der Waals surface area contributed by atoms with Gasteiger partial charge in [-0.25, -0.2) is 4.39 Å². The van der Waals surface area contributed by atoms with E-state index >= 15 is 4.39 Å². The van der Waals surface area contributed by atoms with Gasteiger partial charge in [0.25, 0.3) is 0 Å². The molecular weight excluding hydrogens is 429 g/mol. The van der Waals surface area contributed by atoms with E-state index in [0.29, 0.717) is 30.2 Å². The van der Waals surface area contributed by atoms with Crippen LogP contribution in [0.2, 0.25) is 0 Å². The van der Waals surface area contributed by atoms with Crippen molar-refractivity contribution in [3.05, 3.63) is 89.9 Å². The quantitative estimate of drug-likeness (QED) is 0.293. The fraction of sp³-hybridized carbons (Fsp3) is 0.214. The minimum atomic E-state index is -0.484. The summed E-state index contributed by atoms with van der Waals surface area (Å²) in [5.41, 5.74) is 3.20. The largest absolute Gasteiger partial charge is 0.494 e. The molecule has 0 bridgehead atoms. The molecular formula is C28H26FN3O2. The van der Waals surface area contributed by atoms with Crippen LogP contribution in [0.3, 0.4) is 0 Å². The van der Waals surface area contributed by atoms with Crippen LogP contribution in [0.4, 0.5) is 15.8 Å². The zero-order valence-corrected chi connectivity index (χ0v) is 19.5. The summed E-state index contributed by atoms with van der Waals surface area (Å²) in [6, 6.07) is 24.2. The van der Waals surface area contributed by atoms with E-state index in [0.717, 1.165) is 22.3 Å². The van der Waals surface area contributed by atoms with Gasteiger partial charge < -0.3 is 14.4 Å². The molecule has 1 heterocycles. The van der Waals surface area contributed by atoms with Crippen molar-refractivity contribution in [2.45, 2.75) is 33.4 Å². The zero-order valence-electron chi connectivity index (χ0n) is 19.5. The molecule has 4 aromatic rings. The summed E-state index contributed by atoms with van der Waals surface area (Å²) in [7, 11) is 0. The fourth-order valence-corrected chi connectivity index (χ4v) is 3.73. The predicted octanol–water partition coefficient (Wildman–Crippen LogP) is 6.77. The molecule has 34 heavy (non-hydrogen) atoms. The summed E-state index contributed by atoms with van der Waals surface area (Å²) in [6.45, 7) is 6.33. The lowest BCUT2D eigenvalue weighted by Crippen LogP contribution is -2.20. The highest BCUT2D eigenvalue weighted by Gasteiger charge is 2.21. The summed E-state index contributed by atoms with van der Waals surface area (Å²) < 4.78 is 27.3. The minimum absolute atomic E-state index is 0.126. The van der Waals surface area contributed by atoms with E-state index in [2.05, 4.69) is 6.07 Å². The number of ether oxygens (including phenoxy) is 2. The fourth-order valence-electron chi connectivity index (χ4n) is 3.73. The van der Waals surface area contributed by atoms with E-state index in [1.165, 1.54) is 0 Å². The van der Waals surface area contributed by atoms with Crippen LogP contribution in [0.1, 0.15) is 32.0 Å². The second-order valence-electron chi connectivity index (χ2n) is 8.09. The van der Waals surface area contributed by atoms with Crippen molar-refractivity contribution in [1.29, 1.82) is 5.26 Å². The van der Waals surface area contributed by atoms with Crippen molar-refractivity contribution in [2.75, 3.05) is 11.5 Å². The zero-order chi connectivity index (χ0) is 24.1. The van der Waals surface area contributed by atoms with E-state index < -0.39 is 5.82 Å². The first kappa shape index (κ1) is 23.1. The summed E-state index contributed by atoms with van der Waals surface area (Å²) >= 11 is 0. The number of nitriles is 1. The van der Waals surface area contributed by atoms with Crippen LogP contribution in [0.15, 0.2) is 72.8 Å². The van der Waals surface area contributed by atoms with Crippen molar-refractivity contribution >= 4 is 22.3 Å². The predicted molar refractivity (Wildman–Crippen MR) is 132 cm³/mol. The molecule has 0 saturated heterocycles. The van der Waals surface area contributed by atoms with Crippen LogP contribution in [-0.2, 0) is 6.54 Å². The molecule has 1 aromatic heterocycles. The number of hydrogen-bond acceptors (Lipinski definition) is 5. The molecule has 5 nitrogen and oxygen atoms in total. The molecule has 0 N–H and O–H groups in total. The highest BCUT2D eigenvalue weighted by molar-refractivity contribution is 5.78. The number of rotatable bonds is 8. The second kappa shape index (κ2) is 10.2. The van der Waals surface area contributed by atoms with Gasteiger partial charge in [0, 0.05) is 23.2 Å². The Morgan fingerprint density at radius 2 is 1.79 bits per heavy atom. The molecule has 0 unspecified atom stereocenters. The number of anilines is 2. The van der Waals surface area contributed by atoms with Crippen molar-refractivity contribution in [2.24, 2.45) is 0 Å². The van der Waals surface area contributed by atoms with Crippen LogP contribution < -0.4 is 14.4 Å². The van der Waals surface area contributed by atoms with Crippen molar-refractivity contribution in [3.8, 4) is 17.6 Å². The molecule has 172 valence electrons. The van der Waals surface area contributed by atoms with Crippen molar-refractivity contribution in [3.63, 3.8) is 0 Å². The molecule has 3 aromatic carbocycles. The number of nitrogens with zero attached hydrogens (tertiary/aromatic N) is 3. The number of hydrogen-bond donors (Lipinski definition) is 0. The van der Waals surface area contributed by atoms with Gasteiger partial charge in [-0.3, -0.25) is 4.98 Å². The average Bonchev–Trinajstić information content (AvgIpc) is 2.84. The maximum atomic E-state index is 15.8. The monoisotopic (exact) mass is 455 g/mol. The Bertz CT molecular complexity index is 1330. The first-order chi connectivity index (χ1) is 16.5. The molecule has 0 spiro atoms. The van der Waals surface area contributed by atoms with Crippen molar-refractivity contribution < 1.29 is 13.9 Å². The number of benzene rings is 3. The Morgan fingerprint density at radius 1 is 1.03 bits per heavy atom. The van der Waals surface area contributed by atoms with E-state index in [1.807, 2.05) is 62.1 Å². The molecule has 0 saturated carbocycles. The molecule has 0 aliphatic heterocycles. The second-order valence-corrected chi connectivity index (χ2v) is 8.09. The Kier molecular flexibility index (Phi) is 6.93. The number of pyridine rings is 1. The molecule has 0 radical (unpaired) electrons. The third-order valence-corrected chi connectivity index (χ3v) is 5.24. The van der Waals surface area contributed by atoms with E-state index in [4.69, 9.17) is 14.5 Å². The number of aromatic nitrogens is 1. The standard InChI is InChI=1S/C28H26FN3O2/c1-4-33-24-15-26(28(29)27(16-24)34-19(2)3)32(23-13-9-20(17-30)10-14-23)18-22-12-11-21-7-5-6-8-25(21)31-22/h5-16,19H,4,18H2,1-3H3. The number of fused-ring (bicyclic) bond motifs is 1. The molecule has 6 heteroatoms. The maximum absolute atomic E-state index is 15.8. The first-order valence-electron chi connectivity index (χ1n) is 11.2. The molecule has 4 rings (SSSR count). The summed E-state index contributed by atoms with van der Waals surface area (Å²) in [5, 5.41) is 10.2. The number of para-hydroxylation sites is 1. The minimum Gasteiger partial charge on any atom is -0.494 e. The van der Waals surface area contributed by atoms with Crippen LogP contribution >= 0.6 is 0 Å². The summed E-state index contributed by atoms with van der Waals surface area (Å²) in [4.78, 5) is 6.60. The lowest BCUT2D eigenvalue weighted by Gasteiger charge is -2.27. The first-order valence-corrected chi connectivity index (χ1v) is 11.2. The Morgan fingerprint density at radius 3 is 2.50 bits per heavy atom. The lowest BCUT2D eigenvalue weighted by molar-refractivity contribution is 0.229. The molecule has 0 fully saturated rings. The Balaban J connectivity index is 1.84. The van der Waals surface area contributed by atoms with Gasteiger partial charge in [-0.2, -0.15) is 5.26 Å². The smallest absolute Gasteiger partial charge is 0.188 e. The summed E-state index contributed by atoms with van der Waals surface area (Å²) in [6.07, 6.45) is -0.204. The normalized spacial score (nSPS) is 10.8. The summed E-state index contributed by atoms with van der Waals surface area (Å²) in [5.74, 6) is 0.156. The molecule has 0 amide bonds. The molecule has 0 aliphatic carbocycles. The van der Waals surface area contributed by atoms with Gasteiger partial charge in [-0.15, -0.1) is 0 Å². The van der Waals surface area contributed by atoms with Gasteiger partial charge in [0.2, 0.25) is 0 Å². The number of halogens is 1. The topological polar surface area (TPSA) is 58.4 Å². The lowest BCUT2D eigenvalue weighted by atomic mass is 10.1. The van der Waals surface area contributed by atoms with Gasteiger partial charge in [-0.1, -0.05) is 24.3 Å². The van der Waals surface area contributed by atoms with Gasteiger partial charge in [0.1, 0.15) is 5.75 Å². The highest BCUT2D eigenvalue weighted by atomic mass is 19.1. The van der Waals surface area contributed by atoms with Gasteiger partial charge >= 0.3 is 0 Å². The van der Waals surface area contributed by atoms with Crippen LogP contribution in [0, 0.1) is 17.1 Å². The van der Waals surface area contributed by atoms with Gasteiger partial charge in [0.15, 0.2) is 11.6 Å². The SMILES string of the molecule is CCOc1cc(OC(C)C)c(F)c(N(Cc2ccc3ccccc3n2)c2ccc(C#N)cc2)c1. The van der Waals surface area contributed by atoms with Crippen LogP contribution in [-0.4, -0.2) is 17.7 Å². The average molecular weight is 456 g/mol. The maximum Gasteiger partial charge on any atom is 0.188 e. The third kappa shape index (κ3) is 5.10. The van der Waals surface area contributed by atoms with E-state index in [1.54, 1.807) is 36.4 Å². The van der Waals surface area contributed by atoms with Gasteiger partial charge in [0.05, 0.1) is 47.8 Å². The molecule has 0 atom stereocenters. The van der Waals surface area contributed by atoms with Gasteiger partial charge in [-0.05, 0) is 57.2 Å². The van der Waals surface area contributed by atoms with Crippen molar-refractivity contribution in [1.82, 2.24) is 4.98 Å². The Labute approximate surface area is 199 Å². The molecule has 0 aliphatic rings. The van der Waals surface area contributed by atoms with Crippen LogP contribution in [0.25, 0.3) is 10.9 Å². The van der Waals surface area contributed by atoms with E-state index in [9.17, 15) is 5.26 Å². The van der Waals surface area contributed by atoms with E-state index in [-0.39, 0.29) is 11.9 Å². The third-order valence-electron chi connectivity index (χ3n) is 5.24. The highest BCUT2D eigenvalue weighted by Crippen LogP contribution is 2.38. The Hall–Kier alpha value is -4.11.